The van der Waals surface area contributed by atoms with E-state index in [1.807, 2.05) is 14.0 Å². The molecule has 7 nitrogen and oxygen atoms in total. The lowest BCUT2D eigenvalue weighted by Gasteiger charge is -2.10. The summed E-state index contributed by atoms with van der Waals surface area (Å²) in [7, 11) is 4.91. The fourth-order valence-electron chi connectivity index (χ4n) is 1.81. The van der Waals surface area contributed by atoms with Crippen molar-refractivity contribution in [3.63, 3.8) is 0 Å². The highest BCUT2D eigenvalue weighted by molar-refractivity contribution is 5.99. The van der Waals surface area contributed by atoms with E-state index in [4.69, 9.17) is 9.47 Å². The smallest absolute Gasteiger partial charge is 0.324 e. The van der Waals surface area contributed by atoms with Gasteiger partial charge in [-0.05, 0) is 19.1 Å². The van der Waals surface area contributed by atoms with Gasteiger partial charge in [0.25, 0.3) is 0 Å². The lowest BCUT2D eigenvalue weighted by molar-refractivity contribution is 0.262. The lowest BCUT2D eigenvalue weighted by Crippen LogP contribution is -2.19. The minimum atomic E-state index is -0.375. The summed E-state index contributed by atoms with van der Waals surface area (Å²) in [6.45, 7) is 1.91. The van der Waals surface area contributed by atoms with Gasteiger partial charge >= 0.3 is 6.03 Å². The number of benzene rings is 1. The Morgan fingerprint density at radius 3 is 2.43 bits per heavy atom. The van der Waals surface area contributed by atoms with Crippen molar-refractivity contribution in [1.29, 1.82) is 0 Å². The molecule has 2 amide bonds. The molecule has 7 heteroatoms. The standard InChI is InChI=1S/C14H18N4O3/c1-9-7-13(17-18(9)2)16-14(19)15-10-5-6-11(20-3)12(8-10)21-4/h5-8H,1-4H3,(H2,15,16,17,19). The predicted molar refractivity (Wildman–Crippen MR) is 80.1 cm³/mol. The van der Waals surface area contributed by atoms with E-state index in [1.165, 1.54) is 0 Å². The number of nitrogens with one attached hydrogen (secondary N) is 2. The van der Waals surface area contributed by atoms with Crippen molar-refractivity contribution >= 4 is 17.5 Å². The van der Waals surface area contributed by atoms with E-state index in [0.29, 0.717) is 23.0 Å². The maximum Gasteiger partial charge on any atom is 0.324 e. The molecule has 0 saturated carbocycles. The van der Waals surface area contributed by atoms with Crippen LogP contribution in [0.5, 0.6) is 11.5 Å². The van der Waals surface area contributed by atoms with E-state index in [-0.39, 0.29) is 6.03 Å². The second-order valence-electron chi connectivity index (χ2n) is 4.44. The second kappa shape index (κ2) is 6.17. The van der Waals surface area contributed by atoms with Crippen LogP contribution in [-0.2, 0) is 7.05 Å². The number of methoxy groups -OCH3 is 2. The number of anilines is 2. The van der Waals surface area contributed by atoms with Crippen LogP contribution >= 0.6 is 0 Å². The molecule has 0 atom stereocenters. The van der Waals surface area contributed by atoms with Gasteiger partial charge in [0.15, 0.2) is 17.3 Å². The SMILES string of the molecule is COc1ccc(NC(=O)Nc2cc(C)n(C)n2)cc1OC. The Hall–Kier alpha value is -2.70. The first kappa shape index (κ1) is 14.7. The molecule has 1 heterocycles. The molecule has 0 unspecified atom stereocenters. The molecule has 2 aromatic rings. The largest absolute Gasteiger partial charge is 0.493 e. The molecule has 0 aliphatic rings. The number of carbonyl (C=O) groups excluding carboxylic acids is 1. The summed E-state index contributed by atoms with van der Waals surface area (Å²) in [6.07, 6.45) is 0. The van der Waals surface area contributed by atoms with Gasteiger partial charge in [-0.2, -0.15) is 5.10 Å². The summed E-state index contributed by atoms with van der Waals surface area (Å²) in [5.41, 5.74) is 1.55. The molecular formula is C14H18N4O3. The third kappa shape index (κ3) is 3.44. The summed E-state index contributed by atoms with van der Waals surface area (Å²) in [4.78, 5) is 11.9. The number of ether oxygens (including phenoxy) is 2. The van der Waals surface area contributed by atoms with Crippen molar-refractivity contribution < 1.29 is 14.3 Å². The number of urea groups is 1. The predicted octanol–water partition coefficient (Wildman–Crippen LogP) is 2.39. The number of hydrogen-bond donors (Lipinski definition) is 2. The third-order valence-electron chi connectivity index (χ3n) is 3.00. The van der Waals surface area contributed by atoms with Crippen molar-refractivity contribution in [2.24, 2.45) is 7.05 Å². The second-order valence-corrected chi connectivity index (χ2v) is 4.44. The molecule has 0 radical (unpaired) electrons. The summed E-state index contributed by atoms with van der Waals surface area (Å²) < 4.78 is 12.0. The van der Waals surface area contributed by atoms with E-state index < -0.39 is 0 Å². The molecule has 0 fully saturated rings. The topological polar surface area (TPSA) is 77.4 Å². The van der Waals surface area contributed by atoms with Gasteiger partial charge in [0.2, 0.25) is 0 Å². The van der Waals surface area contributed by atoms with Crippen LogP contribution in [0.4, 0.5) is 16.3 Å². The molecule has 0 aliphatic heterocycles. The molecule has 112 valence electrons. The first-order valence-electron chi connectivity index (χ1n) is 6.34. The highest BCUT2D eigenvalue weighted by Gasteiger charge is 2.09. The van der Waals surface area contributed by atoms with Gasteiger partial charge in [0.1, 0.15) is 0 Å². The minimum absolute atomic E-state index is 0.375. The molecule has 1 aromatic carbocycles. The van der Waals surface area contributed by atoms with Crippen molar-refractivity contribution in [3.05, 3.63) is 30.0 Å². The Balaban J connectivity index is 2.05. The van der Waals surface area contributed by atoms with Crippen molar-refractivity contribution in [2.45, 2.75) is 6.92 Å². The van der Waals surface area contributed by atoms with Gasteiger partial charge in [-0.1, -0.05) is 0 Å². The monoisotopic (exact) mass is 290 g/mol. The number of amides is 2. The van der Waals surface area contributed by atoms with Gasteiger partial charge in [-0.25, -0.2) is 4.79 Å². The maximum atomic E-state index is 11.9. The fourth-order valence-corrected chi connectivity index (χ4v) is 1.81. The summed E-state index contributed by atoms with van der Waals surface area (Å²) in [5, 5.41) is 9.53. The van der Waals surface area contributed by atoms with Crippen LogP contribution in [0.15, 0.2) is 24.3 Å². The van der Waals surface area contributed by atoms with Crippen LogP contribution in [0, 0.1) is 6.92 Å². The molecular weight excluding hydrogens is 272 g/mol. The number of carbonyl (C=O) groups is 1. The van der Waals surface area contributed by atoms with Crippen LogP contribution in [-0.4, -0.2) is 30.0 Å². The molecule has 21 heavy (non-hydrogen) atoms. The number of aryl methyl sites for hydroxylation is 2. The zero-order chi connectivity index (χ0) is 15.4. The van der Waals surface area contributed by atoms with Crippen LogP contribution < -0.4 is 20.1 Å². The van der Waals surface area contributed by atoms with Crippen LogP contribution in [0.2, 0.25) is 0 Å². The van der Waals surface area contributed by atoms with Gasteiger partial charge < -0.3 is 14.8 Å². The Kier molecular flexibility index (Phi) is 4.32. The molecule has 0 saturated heterocycles. The molecule has 2 rings (SSSR count). The number of aromatic nitrogens is 2. The van der Waals surface area contributed by atoms with Gasteiger partial charge in [0.05, 0.1) is 14.2 Å². The minimum Gasteiger partial charge on any atom is -0.493 e. The molecule has 0 spiro atoms. The van der Waals surface area contributed by atoms with Crippen molar-refractivity contribution in [1.82, 2.24) is 9.78 Å². The Morgan fingerprint density at radius 2 is 1.86 bits per heavy atom. The van der Waals surface area contributed by atoms with E-state index in [9.17, 15) is 4.79 Å². The van der Waals surface area contributed by atoms with E-state index >= 15 is 0 Å². The third-order valence-corrected chi connectivity index (χ3v) is 3.00. The van der Waals surface area contributed by atoms with Crippen LogP contribution in [0.3, 0.4) is 0 Å². The average molecular weight is 290 g/mol. The normalized spacial score (nSPS) is 10.1. The highest BCUT2D eigenvalue weighted by atomic mass is 16.5. The molecule has 2 N–H and O–H groups in total. The zero-order valence-corrected chi connectivity index (χ0v) is 12.4. The van der Waals surface area contributed by atoms with Crippen LogP contribution in [0.1, 0.15) is 5.69 Å². The average Bonchev–Trinajstić information content (AvgIpc) is 2.76. The molecule has 0 aliphatic carbocycles. The van der Waals surface area contributed by atoms with Gasteiger partial charge in [0, 0.05) is 30.6 Å². The quantitative estimate of drug-likeness (QED) is 0.906. The fraction of sp³-hybridized carbons (Fsp3) is 0.286. The number of nitrogens with zero attached hydrogens (tertiary/aromatic N) is 2. The Labute approximate surface area is 122 Å². The number of hydrogen-bond acceptors (Lipinski definition) is 4. The first-order valence-corrected chi connectivity index (χ1v) is 6.34. The van der Waals surface area contributed by atoms with E-state index in [2.05, 4.69) is 15.7 Å². The summed E-state index contributed by atoms with van der Waals surface area (Å²) in [5.74, 6) is 1.64. The maximum absolute atomic E-state index is 11.9. The Bertz CT molecular complexity index is 632. The Morgan fingerprint density at radius 1 is 1.14 bits per heavy atom. The number of rotatable bonds is 4. The van der Waals surface area contributed by atoms with E-state index in [0.717, 1.165) is 5.69 Å². The van der Waals surface area contributed by atoms with Crippen LogP contribution in [0.25, 0.3) is 0 Å². The molecule has 0 bridgehead atoms. The lowest BCUT2D eigenvalue weighted by atomic mass is 10.3. The highest BCUT2D eigenvalue weighted by Crippen LogP contribution is 2.29. The van der Waals surface area contributed by atoms with Crippen molar-refractivity contribution in [2.75, 3.05) is 24.9 Å². The van der Waals surface area contributed by atoms with E-state index in [1.54, 1.807) is 43.2 Å². The summed E-state index contributed by atoms with van der Waals surface area (Å²) in [6, 6.07) is 6.54. The summed E-state index contributed by atoms with van der Waals surface area (Å²) >= 11 is 0. The van der Waals surface area contributed by atoms with Gasteiger partial charge in [-0.3, -0.25) is 10.00 Å². The first-order chi connectivity index (χ1) is 10.0. The van der Waals surface area contributed by atoms with Crippen molar-refractivity contribution in [3.8, 4) is 11.5 Å². The van der Waals surface area contributed by atoms with Gasteiger partial charge in [-0.15, -0.1) is 0 Å². The zero-order valence-electron chi connectivity index (χ0n) is 12.4. The molecule has 1 aromatic heterocycles.